The molecule has 2 heterocycles. The Morgan fingerprint density at radius 3 is 2.27 bits per heavy atom. The van der Waals surface area contributed by atoms with Crippen molar-refractivity contribution in [2.75, 3.05) is 16.2 Å². The number of nitrogens with zero attached hydrogens (tertiary/aromatic N) is 3. The molecule has 0 bridgehead atoms. The van der Waals surface area contributed by atoms with Crippen LogP contribution in [0.3, 0.4) is 0 Å². The molecule has 1 saturated carbocycles. The highest BCUT2D eigenvalue weighted by molar-refractivity contribution is 7.91. The van der Waals surface area contributed by atoms with Crippen molar-refractivity contribution in [1.82, 2.24) is 14.3 Å². The summed E-state index contributed by atoms with van der Waals surface area (Å²) in [6.07, 6.45) is 10.2. The van der Waals surface area contributed by atoms with E-state index in [1.54, 1.807) is 30.3 Å². The molecule has 1 aromatic heterocycles. The van der Waals surface area contributed by atoms with Gasteiger partial charge in [0.25, 0.3) is 0 Å². The fourth-order valence-corrected chi connectivity index (χ4v) is 7.96. The van der Waals surface area contributed by atoms with Gasteiger partial charge in [-0.1, -0.05) is 84.9 Å². The second-order valence-electron chi connectivity index (χ2n) is 12.3. The van der Waals surface area contributed by atoms with Crippen LogP contribution in [0, 0.1) is 5.92 Å². The molecule has 7 rings (SSSR count). The molecule has 0 amide bonds. The molecule has 1 aliphatic heterocycles. The number of aliphatic hydroxyl groups excluding tert-OH is 1. The first-order valence-corrected chi connectivity index (χ1v) is 18.2. The van der Waals surface area contributed by atoms with E-state index >= 15 is 0 Å². The van der Waals surface area contributed by atoms with E-state index in [2.05, 4.69) is 58.6 Å². The minimum atomic E-state index is -3.95. The van der Waals surface area contributed by atoms with Crippen LogP contribution in [0.2, 0.25) is 10.0 Å². The van der Waals surface area contributed by atoms with Crippen LogP contribution in [0.15, 0.2) is 109 Å². The number of aliphatic hydroxyl groups is 1. The van der Waals surface area contributed by atoms with Crippen LogP contribution in [-0.2, 0) is 16.6 Å². The topological polar surface area (TPSA) is 99.5 Å². The first-order chi connectivity index (χ1) is 23.2. The third kappa shape index (κ3) is 7.04. The molecule has 0 unspecified atom stereocenters. The van der Waals surface area contributed by atoms with Gasteiger partial charge in [-0.2, -0.15) is 8.42 Å². The Morgan fingerprint density at radius 1 is 0.875 bits per heavy atom. The largest absolute Gasteiger partial charge is 0.493 e. The van der Waals surface area contributed by atoms with Crippen molar-refractivity contribution in [3.8, 4) is 28.1 Å². The monoisotopic (exact) mass is 699 g/mol. The zero-order valence-corrected chi connectivity index (χ0v) is 28.4. The van der Waals surface area contributed by atoms with E-state index < -0.39 is 16.1 Å². The summed E-state index contributed by atoms with van der Waals surface area (Å²) in [5.41, 5.74) is 6.90. The van der Waals surface area contributed by atoms with Gasteiger partial charge in [-0.15, -0.1) is 0 Å². The molecule has 1 aliphatic carbocycles. The van der Waals surface area contributed by atoms with E-state index in [4.69, 9.17) is 28.2 Å². The van der Waals surface area contributed by atoms with Gasteiger partial charge in [0.2, 0.25) is 5.88 Å². The Kier molecular flexibility index (Phi) is 9.09. The lowest BCUT2D eigenvalue weighted by Gasteiger charge is -2.22. The lowest BCUT2D eigenvalue weighted by Crippen LogP contribution is -2.29. The van der Waals surface area contributed by atoms with E-state index in [1.807, 2.05) is 22.9 Å². The van der Waals surface area contributed by atoms with Gasteiger partial charge in [0, 0.05) is 41.1 Å². The van der Waals surface area contributed by atoms with Gasteiger partial charge in [-0.25, -0.2) is 14.0 Å². The van der Waals surface area contributed by atoms with Gasteiger partial charge in [0.05, 0.1) is 22.6 Å². The molecule has 246 valence electrons. The molecule has 0 spiro atoms. The van der Waals surface area contributed by atoms with Gasteiger partial charge in [0.1, 0.15) is 5.82 Å². The van der Waals surface area contributed by atoms with Crippen molar-refractivity contribution in [3.05, 3.63) is 131 Å². The van der Waals surface area contributed by atoms with Gasteiger partial charge in [0.15, 0.2) is 0 Å². The Labute approximate surface area is 290 Å². The van der Waals surface area contributed by atoms with Crippen molar-refractivity contribution in [3.63, 3.8) is 0 Å². The number of imidazole rings is 1. The molecule has 8 nitrogen and oxygen atoms in total. The van der Waals surface area contributed by atoms with Crippen LogP contribution in [0.25, 0.3) is 28.1 Å². The lowest BCUT2D eigenvalue weighted by atomic mass is 9.89. The molecule has 3 N–H and O–H groups in total. The van der Waals surface area contributed by atoms with E-state index in [-0.39, 0.29) is 0 Å². The smallest absolute Gasteiger partial charge is 0.330 e. The van der Waals surface area contributed by atoms with Gasteiger partial charge in [-0.05, 0) is 84.0 Å². The molecular weight excluding hydrogens is 665 g/mol. The van der Waals surface area contributed by atoms with E-state index in [0.717, 1.165) is 56.7 Å². The van der Waals surface area contributed by atoms with Crippen LogP contribution in [0.5, 0.6) is 0 Å². The summed E-state index contributed by atoms with van der Waals surface area (Å²) in [5.74, 6) is 1.05. The van der Waals surface area contributed by atoms with Crippen LogP contribution in [0.4, 0.5) is 11.4 Å². The van der Waals surface area contributed by atoms with E-state index in [1.165, 1.54) is 32.1 Å². The first kappa shape index (κ1) is 32.1. The number of rotatable bonds is 9. The summed E-state index contributed by atoms with van der Waals surface area (Å²) in [6, 6.07) is 29.4. The number of benzene rings is 4. The minimum Gasteiger partial charge on any atom is -0.493 e. The van der Waals surface area contributed by atoms with Crippen molar-refractivity contribution in [2.45, 2.75) is 38.5 Å². The van der Waals surface area contributed by atoms with Crippen molar-refractivity contribution in [1.29, 1.82) is 0 Å². The third-order valence-corrected chi connectivity index (χ3v) is 10.8. The summed E-state index contributed by atoms with van der Waals surface area (Å²) in [7, 11) is -3.95. The second-order valence-corrected chi connectivity index (χ2v) is 14.7. The molecule has 4 aromatic carbocycles. The maximum absolute atomic E-state index is 12.6. The fourth-order valence-electron chi connectivity index (χ4n) is 6.41. The normalized spacial score (nSPS) is 16.0. The number of halogens is 2. The summed E-state index contributed by atoms with van der Waals surface area (Å²) in [5, 5.41) is 14.4. The van der Waals surface area contributed by atoms with Gasteiger partial charge in [-0.3, -0.25) is 0 Å². The first-order valence-electron chi connectivity index (χ1n) is 16.0. The van der Waals surface area contributed by atoms with E-state index in [0.29, 0.717) is 33.5 Å². The highest BCUT2D eigenvalue weighted by atomic mass is 35.5. The van der Waals surface area contributed by atoms with Crippen LogP contribution in [0.1, 0.15) is 43.5 Å². The SMILES string of the molecule is O=S1(=O)NC(O)=CN1c1cccc(-n2cc(-c3ccc(Cl)cc3Cl)nc2Cc2ccc(-c3ccc(NCC4CCCCC4)cc3)cc2)c1. The summed E-state index contributed by atoms with van der Waals surface area (Å²) < 4.78 is 30.2. The molecule has 11 heteroatoms. The molecule has 0 atom stereocenters. The standard InChI is InChI=1S/C37H35Cl2N5O3S/c38-29-15-18-33(34(39)20-29)35-23-43(31-7-4-8-32(21-31)44-24-37(45)42-48(44,46)47)36(41-35)19-25-9-11-27(12-10-25)28-13-16-30(17-14-28)40-22-26-5-2-1-3-6-26/h4,7-18,20-21,23-24,26,40,42,45H,1-3,5-6,19,22H2. The summed E-state index contributed by atoms with van der Waals surface area (Å²) in [6.45, 7) is 1.04. The summed E-state index contributed by atoms with van der Waals surface area (Å²) >= 11 is 12.7. The molecule has 5 aromatic rings. The maximum Gasteiger partial charge on any atom is 0.330 e. The molecule has 1 fully saturated rings. The van der Waals surface area contributed by atoms with Gasteiger partial charge >= 0.3 is 10.2 Å². The zero-order chi connectivity index (χ0) is 33.3. The average molecular weight is 701 g/mol. The van der Waals surface area contributed by atoms with Crippen LogP contribution >= 0.6 is 23.2 Å². The highest BCUT2D eigenvalue weighted by Crippen LogP contribution is 2.33. The molecule has 48 heavy (non-hydrogen) atoms. The Balaban J connectivity index is 1.15. The van der Waals surface area contributed by atoms with Crippen LogP contribution in [-0.4, -0.2) is 29.6 Å². The second kappa shape index (κ2) is 13.6. The minimum absolute atomic E-state index is 0.356. The number of nitrogens with one attached hydrogen (secondary N) is 2. The predicted molar refractivity (Wildman–Crippen MR) is 194 cm³/mol. The van der Waals surface area contributed by atoms with Crippen molar-refractivity contribution >= 4 is 44.8 Å². The average Bonchev–Trinajstić information content (AvgIpc) is 3.63. The lowest BCUT2D eigenvalue weighted by molar-refractivity contribution is 0.373. The maximum atomic E-state index is 12.6. The van der Waals surface area contributed by atoms with Gasteiger partial charge < -0.3 is 15.0 Å². The number of aromatic nitrogens is 2. The number of hydrogen-bond donors (Lipinski definition) is 3. The van der Waals surface area contributed by atoms with Crippen molar-refractivity contribution in [2.24, 2.45) is 5.92 Å². The fraction of sp³-hybridized carbons (Fsp3) is 0.216. The number of hydrogen-bond acceptors (Lipinski definition) is 5. The van der Waals surface area contributed by atoms with Crippen LogP contribution < -0.4 is 14.3 Å². The highest BCUT2D eigenvalue weighted by Gasteiger charge is 2.29. The molecule has 0 radical (unpaired) electrons. The number of anilines is 2. The Morgan fingerprint density at radius 2 is 1.58 bits per heavy atom. The third-order valence-electron chi connectivity index (χ3n) is 8.93. The van der Waals surface area contributed by atoms with Crippen molar-refractivity contribution < 1.29 is 13.5 Å². The van der Waals surface area contributed by atoms with E-state index in [9.17, 15) is 13.5 Å². The molecular formula is C37H35Cl2N5O3S. The molecule has 2 aliphatic rings. The predicted octanol–water partition coefficient (Wildman–Crippen LogP) is 9.11. The summed E-state index contributed by atoms with van der Waals surface area (Å²) in [4.78, 5) is 4.98. The zero-order valence-electron chi connectivity index (χ0n) is 26.1. The Hall–Kier alpha value is -4.44. The molecule has 0 saturated heterocycles. The quantitative estimate of drug-likeness (QED) is 0.143. The Bertz CT molecular complexity index is 2070.